The summed E-state index contributed by atoms with van der Waals surface area (Å²) < 4.78 is 32.4. The Kier molecular flexibility index (Phi) is 4.11. The van der Waals surface area contributed by atoms with Crippen molar-refractivity contribution in [3.05, 3.63) is 29.3 Å². The summed E-state index contributed by atoms with van der Waals surface area (Å²) in [7, 11) is 0. The third kappa shape index (κ3) is 2.96. The van der Waals surface area contributed by atoms with E-state index in [4.69, 9.17) is 10.5 Å². The lowest BCUT2D eigenvalue weighted by atomic mass is 9.83. The Morgan fingerprint density at radius 2 is 1.94 bits per heavy atom. The summed E-state index contributed by atoms with van der Waals surface area (Å²) in [6.45, 7) is 0.338. The lowest BCUT2D eigenvalue weighted by Crippen LogP contribution is -2.15. The van der Waals surface area contributed by atoms with Gasteiger partial charge < -0.3 is 10.5 Å². The fraction of sp³-hybridized carbons (Fsp3) is 0.462. The molecule has 98 valence electrons. The van der Waals surface area contributed by atoms with Crippen molar-refractivity contribution in [3.8, 4) is 5.75 Å². The number of thiocarbonyl (C=S) groups is 1. The van der Waals surface area contributed by atoms with Crippen molar-refractivity contribution in [1.29, 1.82) is 0 Å². The summed E-state index contributed by atoms with van der Waals surface area (Å²) in [5.41, 5.74) is 5.50. The largest absolute Gasteiger partial charge is 0.488 e. The van der Waals surface area contributed by atoms with Crippen LogP contribution in [0.2, 0.25) is 0 Å². The third-order valence-corrected chi connectivity index (χ3v) is 3.52. The maximum absolute atomic E-state index is 13.6. The van der Waals surface area contributed by atoms with Crippen molar-refractivity contribution in [2.24, 2.45) is 11.7 Å². The van der Waals surface area contributed by atoms with E-state index in [-0.39, 0.29) is 16.3 Å². The number of nitrogens with two attached hydrogens (primary N) is 1. The van der Waals surface area contributed by atoms with E-state index < -0.39 is 11.6 Å². The summed E-state index contributed by atoms with van der Waals surface area (Å²) in [5, 5.41) is 0. The Hall–Kier alpha value is -1.23. The number of hydrogen-bond acceptors (Lipinski definition) is 2. The molecule has 0 atom stereocenters. The number of ether oxygens (including phenoxy) is 1. The van der Waals surface area contributed by atoms with Crippen molar-refractivity contribution >= 4 is 17.2 Å². The molecule has 1 aromatic rings. The summed E-state index contributed by atoms with van der Waals surface area (Å²) in [6, 6.07) is 2.20. The molecule has 18 heavy (non-hydrogen) atoms. The standard InChI is InChI=1S/C13H15F2NOS/c14-10-6-9(13(16)18)7-11(15)12(10)17-5-4-8-2-1-3-8/h6-8H,1-5H2,(H2,16,18). The van der Waals surface area contributed by atoms with Gasteiger partial charge >= 0.3 is 0 Å². The molecule has 1 saturated carbocycles. The predicted molar refractivity (Wildman–Crippen MR) is 69.7 cm³/mol. The van der Waals surface area contributed by atoms with Crippen LogP contribution in [-0.2, 0) is 0 Å². The number of hydrogen-bond donors (Lipinski definition) is 1. The highest BCUT2D eigenvalue weighted by atomic mass is 32.1. The minimum atomic E-state index is -0.758. The van der Waals surface area contributed by atoms with E-state index in [1.54, 1.807) is 0 Å². The molecule has 0 aliphatic heterocycles. The second kappa shape index (κ2) is 5.61. The first-order valence-electron chi connectivity index (χ1n) is 5.99. The van der Waals surface area contributed by atoms with Crippen LogP contribution in [0.1, 0.15) is 31.2 Å². The molecule has 0 amide bonds. The van der Waals surface area contributed by atoms with Crippen molar-refractivity contribution in [2.45, 2.75) is 25.7 Å². The van der Waals surface area contributed by atoms with E-state index in [1.807, 2.05) is 0 Å². The molecule has 1 aliphatic rings. The molecule has 0 radical (unpaired) electrons. The molecular weight excluding hydrogens is 256 g/mol. The smallest absolute Gasteiger partial charge is 0.190 e. The molecule has 2 rings (SSSR count). The summed E-state index contributed by atoms with van der Waals surface area (Å²) >= 11 is 4.67. The highest BCUT2D eigenvalue weighted by molar-refractivity contribution is 7.80. The van der Waals surface area contributed by atoms with E-state index in [0.29, 0.717) is 12.5 Å². The minimum Gasteiger partial charge on any atom is -0.488 e. The Labute approximate surface area is 110 Å². The quantitative estimate of drug-likeness (QED) is 0.835. The van der Waals surface area contributed by atoms with Crippen LogP contribution >= 0.6 is 12.2 Å². The van der Waals surface area contributed by atoms with Crippen LogP contribution in [-0.4, -0.2) is 11.6 Å². The van der Waals surface area contributed by atoms with Crippen molar-refractivity contribution < 1.29 is 13.5 Å². The van der Waals surface area contributed by atoms with Gasteiger partial charge in [-0.15, -0.1) is 0 Å². The molecule has 0 saturated heterocycles. The van der Waals surface area contributed by atoms with Gasteiger partial charge in [-0.2, -0.15) is 0 Å². The van der Waals surface area contributed by atoms with Crippen LogP contribution in [0.15, 0.2) is 12.1 Å². The van der Waals surface area contributed by atoms with Gasteiger partial charge in [0.2, 0.25) is 0 Å². The highest BCUT2D eigenvalue weighted by Gasteiger charge is 2.18. The van der Waals surface area contributed by atoms with Gasteiger partial charge in [-0.25, -0.2) is 8.78 Å². The first-order chi connectivity index (χ1) is 8.58. The van der Waals surface area contributed by atoms with Gasteiger partial charge in [0.15, 0.2) is 17.4 Å². The van der Waals surface area contributed by atoms with Crippen LogP contribution in [0, 0.1) is 17.6 Å². The summed E-state index contributed by atoms with van der Waals surface area (Å²) in [4.78, 5) is -0.0335. The molecule has 5 heteroatoms. The van der Waals surface area contributed by atoms with Gasteiger partial charge in [-0.3, -0.25) is 0 Å². The molecule has 1 aliphatic carbocycles. The highest BCUT2D eigenvalue weighted by Crippen LogP contribution is 2.30. The normalized spacial score (nSPS) is 15.2. The van der Waals surface area contributed by atoms with Crippen LogP contribution in [0.4, 0.5) is 8.78 Å². The van der Waals surface area contributed by atoms with E-state index in [9.17, 15) is 8.78 Å². The van der Waals surface area contributed by atoms with Crippen molar-refractivity contribution in [2.75, 3.05) is 6.61 Å². The lowest BCUT2D eigenvalue weighted by molar-refractivity contribution is 0.211. The maximum Gasteiger partial charge on any atom is 0.190 e. The van der Waals surface area contributed by atoms with Gasteiger partial charge in [-0.1, -0.05) is 31.5 Å². The van der Waals surface area contributed by atoms with Crippen LogP contribution in [0.5, 0.6) is 5.75 Å². The number of halogens is 2. The fourth-order valence-corrected chi connectivity index (χ4v) is 2.07. The van der Waals surface area contributed by atoms with Gasteiger partial charge in [0.1, 0.15) is 4.99 Å². The van der Waals surface area contributed by atoms with Crippen molar-refractivity contribution in [3.63, 3.8) is 0 Å². The Balaban J connectivity index is 2.00. The molecule has 0 spiro atoms. The number of benzene rings is 1. The summed E-state index contributed by atoms with van der Waals surface area (Å²) in [5.74, 6) is -1.21. The minimum absolute atomic E-state index is 0.0335. The Morgan fingerprint density at radius 3 is 2.39 bits per heavy atom. The van der Waals surface area contributed by atoms with E-state index in [1.165, 1.54) is 19.3 Å². The second-order valence-corrected chi connectivity index (χ2v) is 5.01. The average molecular weight is 271 g/mol. The summed E-state index contributed by atoms with van der Waals surface area (Å²) in [6.07, 6.45) is 4.47. The molecule has 2 nitrogen and oxygen atoms in total. The average Bonchev–Trinajstić information content (AvgIpc) is 2.24. The zero-order valence-corrected chi connectivity index (χ0v) is 10.7. The molecule has 0 aromatic heterocycles. The Bertz CT molecular complexity index is 437. The molecular formula is C13H15F2NOS. The Morgan fingerprint density at radius 1 is 1.33 bits per heavy atom. The van der Waals surface area contributed by atoms with Gasteiger partial charge in [-0.05, 0) is 24.5 Å². The van der Waals surface area contributed by atoms with Gasteiger partial charge in [0, 0.05) is 5.56 Å². The van der Waals surface area contributed by atoms with E-state index >= 15 is 0 Å². The zero-order valence-electron chi connectivity index (χ0n) is 9.92. The molecule has 2 N–H and O–H groups in total. The second-order valence-electron chi connectivity index (χ2n) is 4.57. The molecule has 1 aromatic carbocycles. The zero-order chi connectivity index (χ0) is 13.1. The fourth-order valence-electron chi connectivity index (χ4n) is 1.95. The van der Waals surface area contributed by atoms with Crippen LogP contribution in [0.3, 0.4) is 0 Å². The topological polar surface area (TPSA) is 35.2 Å². The monoisotopic (exact) mass is 271 g/mol. The van der Waals surface area contributed by atoms with Crippen molar-refractivity contribution in [1.82, 2.24) is 0 Å². The van der Waals surface area contributed by atoms with Gasteiger partial charge in [0.25, 0.3) is 0 Å². The molecule has 1 fully saturated rings. The molecule has 0 unspecified atom stereocenters. The molecule has 0 bridgehead atoms. The molecule has 0 heterocycles. The van der Waals surface area contributed by atoms with Crippen LogP contribution < -0.4 is 10.5 Å². The first kappa shape index (κ1) is 13.2. The first-order valence-corrected chi connectivity index (χ1v) is 6.40. The maximum atomic E-state index is 13.6. The lowest BCUT2D eigenvalue weighted by Gasteiger charge is -2.25. The third-order valence-electron chi connectivity index (χ3n) is 3.28. The van der Waals surface area contributed by atoms with Gasteiger partial charge in [0.05, 0.1) is 6.61 Å². The van der Waals surface area contributed by atoms with E-state index in [2.05, 4.69) is 12.2 Å². The van der Waals surface area contributed by atoms with Crippen LogP contribution in [0.25, 0.3) is 0 Å². The predicted octanol–water partition coefficient (Wildman–Crippen LogP) is 3.17. The van der Waals surface area contributed by atoms with E-state index in [0.717, 1.165) is 18.6 Å². The SMILES string of the molecule is NC(=S)c1cc(F)c(OCCC2CCC2)c(F)c1. The number of rotatable bonds is 5.